The fourth-order valence-electron chi connectivity index (χ4n) is 1.95. The van der Waals surface area contributed by atoms with Gasteiger partial charge in [0.25, 0.3) is 5.69 Å². The predicted octanol–water partition coefficient (Wildman–Crippen LogP) is 2.66. The van der Waals surface area contributed by atoms with Crippen molar-refractivity contribution >= 4 is 33.3 Å². The van der Waals surface area contributed by atoms with E-state index in [9.17, 15) is 14.9 Å². The van der Waals surface area contributed by atoms with Crippen LogP contribution in [0.2, 0.25) is 0 Å². The summed E-state index contributed by atoms with van der Waals surface area (Å²) in [6, 6.07) is 4.08. The maximum absolute atomic E-state index is 11.8. The summed E-state index contributed by atoms with van der Waals surface area (Å²) in [6.07, 6.45) is 1.49. The minimum Gasteiger partial charge on any atom is -0.381 e. The third-order valence-corrected chi connectivity index (χ3v) is 3.45. The van der Waals surface area contributed by atoms with Crippen LogP contribution in [0.5, 0.6) is 0 Å². The summed E-state index contributed by atoms with van der Waals surface area (Å²) in [6.45, 7) is 1.23. The second kappa shape index (κ2) is 6.67. The number of nitro groups is 1. The average Bonchev–Trinajstić information content (AvgIpc) is 2.41. The zero-order valence-corrected chi connectivity index (χ0v) is 12.2. The first-order valence-electron chi connectivity index (χ1n) is 6.15. The molecule has 2 rings (SSSR count). The highest BCUT2D eigenvalue weighted by Gasteiger charge is 2.19. The van der Waals surface area contributed by atoms with E-state index in [0.717, 1.165) is 12.8 Å². The first kappa shape index (κ1) is 14.7. The molecule has 7 nitrogen and oxygen atoms in total. The molecule has 1 aliphatic heterocycles. The van der Waals surface area contributed by atoms with Gasteiger partial charge in [0.1, 0.15) is 5.69 Å². The van der Waals surface area contributed by atoms with Crippen molar-refractivity contribution in [3.8, 4) is 0 Å². The minimum absolute atomic E-state index is 0.0401. The van der Waals surface area contributed by atoms with Gasteiger partial charge in [-0.2, -0.15) is 0 Å². The van der Waals surface area contributed by atoms with Gasteiger partial charge in [0.05, 0.1) is 4.92 Å². The minimum atomic E-state index is -0.533. The summed E-state index contributed by atoms with van der Waals surface area (Å²) >= 11 is 3.16. The monoisotopic (exact) mass is 343 g/mol. The average molecular weight is 344 g/mol. The molecule has 20 heavy (non-hydrogen) atoms. The number of hydrogen-bond donors (Lipinski definition) is 2. The molecule has 0 aromatic heterocycles. The number of nitro benzene ring substituents is 1. The van der Waals surface area contributed by atoms with Gasteiger partial charge < -0.3 is 15.4 Å². The van der Waals surface area contributed by atoms with Gasteiger partial charge in [0.15, 0.2) is 0 Å². The Morgan fingerprint density at radius 2 is 2.10 bits per heavy atom. The van der Waals surface area contributed by atoms with Gasteiger partial charge in [0, 0.05) is 29.8 Å². The number of anilines is 1. The fraction of sp³-hybridized carbons (Fsp3) is 0.417. The van der Waals surface area contributed by atoms with Crippen LogP contribution in [-0.2, 0) is 4.74 Å². The zero-order chi connectivity index (χ0) is 14.5. The maximum atomic E-state index is 11.8. The zero-order valence-electron chi connectivity index (χ0n) is 10.6. The molecule has 2 N–H and O–H groups in total. The van der Waals surface area contributed by atoms with Gasteiger partial charge in [-0.25, -0.2) is 4.79 Å². The normalized spacial score (nSPS) is 15.7. The molecule has 108 valence electrons. The van der Waals surface area contributed by atoms with Crippen LogP contribution in [0.15, 0.2) is 22.7 Å². The molecule has 1 aliphatic rings. The van der Waals surface area contributed by atoms with E-state index in [1.165, 1.54) is 12.1 Å². The van der Waals surface area contributed by atoms with E-state index in [4.69, 9.17) is 4.74 Å². The Labute approximate surface area is 124 Å². The Balaban J connectivity index is 2.01. The Morgan fingerprint density at radius 3 is 2.75 bits per heavy atom. The van der Waals surface area contributed by atoms with Crippen molar-refractivity contribution in [2.24, 2.45) is 0 Å². The molecule has 2 amide bonds. The van der Waals surface area contributed by atoms with E-state index in [1.54, 1.807) is 6.07 Å². The first-order valence-corrected chi connectivity index (χ1v) is 6.95. The fourth-order valence-corrected chi connectivity index (χ4v) is 2.30. The van der Waals surface area contributed by atoms with E-state index in [1.807, 2.05) is 0 Å². The number of amides is 2. The smallest absolute Gasteiger partial charge is 0.319 e. The summed E-state index contributed by atoms with van der Waals surface area (Å²) < 4.78 is 5.78. The number of nitrogens with zero attached hydrogens (tertiary/aromatic N) is 1. The van der Waals surface area contributed by atoms with Crippen molar-refractivity contribution < 1.29 is 14.5 Å². The maximum Gasteiger partial charge on any atom is 0.319 e. The number of carbonyl (C=O) groups is 1. The lowest BCUT2D eigenvalue weighted by atomic mass is 10.1. The number of nitrogens with one attached hydrogen (secondary N) is 2. The predicted molar refractivity (Wildman–Crippen MR) is 76.8 cm³/mol. The molecule has 1 aromatic rings. The number of ether oxygens (including phenoxy) is 1. The van der Waals surface area contributed by atoms with Crippen LogP contribution in [0.25, 0.3) is 0 Å². The third-order valence-electron chi connectivity index (χ3n) is 2.96. The van der Waals surface area contributed by atoms with Crippen molar-refractivity contribution in [1.29, 1.82) is 0 Å². The number of hydrogen-bond acceptors (Lipinski definition) is 4. The molecule has 0 spiro atoms. The summed E-state index contributed by atoms with van der Waals surface area (Å²) in [5.41, 5.74) is 0.0178. The van der Waals surface area contributed by atoms with Crippen molar-refractivity contribution in [2.45, 2.75) is 18.9 Å². The lowest BCUT2D eigenvalue weighted by Crippen LogP contribution is -2.41. The van der Waals surface area contributed by atoms with Crippen LogP contribution in [-0.4, -0.2) is 30.2 Å². The molecule has 0 radical (unpaired) electrons. The van der Waals surface area contributed by atoms with Crippen LogP contribution in [0.1, 0.15) is 12.8 Å². The largest absolute Gasteiger partial charge is 0.381 e. The van der Waals surface area contributed by atoms with E-state index in [0.29, 0.717) is 17.7 Å². The van der Waals surface area contributed by atoms with Gasteiger partial charge in [-0.1, -0.05) is 15.9 Å². The molecule has 1 aromatic carbocycles. The second-order valence-electron chi connectivity index (χ2n) is 4.40. The number of benzene rings is 1. The molecule has 0 saturated carbocycles. The van der Waals surface area contributed by atoms with Crippen molar-refractivity contribution in [3.63, 3.8) is 0 Å². The van der Waals surface area contributed by atoms with Gasteiger partial charge >= 0.3 is 6.03 Å². The SMILES string of the molecule is O=C(Nc1ccc(Br)cc1[N+](=O)[O-])NC1CCOCC1. The molecule has 1 saturated heterocycles. The van der Waals surface area contributed by atoms with Crippen LogP contribution in [0.3, 0.4) is 0 Å². The highest BCUT2D eigenvalue weighted by Crippen LogP contribution is 2.27. The van der Waals surface area contributed by atoms with Crippen molar-refractivity contribution in [3.05, 3.63) is 32.8 Å². The van der Waals surface area contributed by atoms with Gasteiger partial charge in [-0.15, -0.1) is 0 Å². The molecule has 1 fully saturated rings. The molecular formula is C12H14BrN3O4. The topological polar surface area (TPSA) is 93.5 Å². The number of carbonyl (C=O) groups excluding carboxylic acids is 1. The first-order chi connectivity index (χ1) is 9.56. The van der Waals surface area contributed by atoms with Crippen LogP contribution in [0, 0.1) is 10.1 Å². The summed E-state index contributed by atoms with van der Waals surface area (Å²) in [5.74, 6) is 0. The highest BCUT2D eigenvalue weighted by atomic mass is 79.9. The molecule has 0 bridgehead atoms. The van der Waals surface area contributed by atoms with Crippen LogP contribution < -0.4 is 10.6 Å². The Kier molecular flexibility index (Phi) is 4.91. The molecule has 8 heteroatoms. The molecule has 0 unspecified atom stereocenters. The lowest BCUT2D eigenvalue weighted by Gasteiger charge is -2.23. The summed E-state index contributed by atoms with van der Waals surface area (Å²) in [5, 5.41) is 16.2. The lowest BCUT2D eigenvalue weighted by molar-refractivity contribution is -0.384. The Hall–Kier alpha value is -1.67. The summed E-state index contributed by atoms with van der Waals surface area (Å²) in [7, 11) is 0. The standard InChI is InChI=1S/C12H14BrN3O4/c13-8-1-2-10(11(7-8)16(18)19)15-12(17)14-9-3-5-20-6-4-9/h1-2,7,9H,3-6H2,(H2,14,15,17). The number of rotatable bonds is 3. The molecular weight excluding hydrogens is 330 g/mol. The van der Waals surface area contributed by atoms with Gasteiger partial charge in [0.2, 0.25) is 0 Å². The Morgan fingerprint density at radius 1 is 1.40 bits per heavy atom. The van der Waals surface area contributed by atoms with Crippen LogP contribution >= 0.6 is 15.9 Å². The van der Waals surface area contributed by atoms with Crippen molar-refractivity contribution in [1.82, 2.24) is 5.32 Å². The van der Waals surface area contributed by atoms with E-state index in [2.05, 4.69) is 26.6 Å². The number of urea groups is 1. The van der Waals surface area contributed by atoms with Crippen LogP contribution in [0.4, 0.5) is 16.2 Å². The molecule has 0 atom stereocenters. The van der Waals surface area contributed by atoms with Crippen molar-refractivity contribution in [2.75, 3.05) is 18.5 Å². The van der Waals surface area contributed by atoms with E-state index >= 15 is 0 Å². The Bertz CT molecular complexity index is 517. The van der Waals surface area contributed by atoms with Gasteiger partial charge in [-0.3, -0.25) is 10.1 Å². The summed E-state index contributed by atoms with van der Waals surface area (Å²) in [4.78, 5) is 22.3. The number of halogens is 1. The third kappa shape index (κ3) is 3.91. The van der Waals surface area contributed by atoms with E-state index in [-0.39, 0.29) is 17.4 Å². The highest BCUT2D eigenvalue weighted by molar-refractivity contribution is 9.10. The molecule has 1 heterocycles. The quantitative estimate of drug-likeness (QED) is 0.651. The van der Waals surface area contributed by atoms with Gasteiger partial charge in [-0.05, 0) is 25.0 Å². The second-order valence-corrected chi connectivity index (χ2v) is 5.32. The molecule has 0 aliphatic carbocycles. The van der Waals surface area contributed by atoms with E-state index < -0.39 is 11.0 Å².